The van der Waals surface area contributed by atoms with Gasteiger partial charge in [0.05, 0.1) is 0 Å². The Morgan fingerprint density at radius 3 is 3.23 bits per heavy atom. The SMILES string of the molecule is CCC1CCCB2C=CC=C(C)N21. The predicted octanol–water partition coefficient (Wildman–Crippen LogP) is 2.87. The molecule has 1 atom stereocenters. The van der Waals surface area contributed by atoms with Gasteiger partial charge in [-0.15, -0.1) is 0 Å². The predicted molar refractivity (Wildman–Crippen MR) is 58.6 cm³/mol. The summed E-state index contributed by atoms with van der Waals surface area (Å²) in [5.74, 6) is 2.36. The standard InChI is InChI=1S/C11H18BN/c1-3-11-7-5-9-12-8-4-6-10(2)13(11)12/h4,6,8,11H,3,5,7,9H2,1-2H3. The third-order valence-electron chi connectivity index (χ3n) is 3.34. The summed E-state index contributed by atoms with van der Waals surface area (Å²) in [6, 6.07) is 0.792. The van der Waals surface area contributed by atoms with Crippen molar-refractivity contribution in [2.24, 2.45) is 0 Å². The van der Waals surface area contributed by atoms with Crippen LogP contribution in [-0.2, 0) is 0 Å². The van der Waals surface area contributed by atoms with Crippen LogP contribution in [0.4, 0.5) is 0 Å². The lowest BCUT2D eigenvalue weighted by atomic mass is 9.51. The summed E-state index contributed by atoms with van der Waals surface area (Å²) in [6.45, 7) is 5.24. The first-order valence-electron chi connectivity index (χ1n) is 5.46. The Kier molecular flexibility index (Phi) is 2.48. The van der Waals surface area contributed by atoms with Crippen LogP contribution in [-0.4, -0.2) is 17.7 Å². The first kappa shape index (κ1) is 8.92. The molecule has 13 heavy (non-hydrogen) atoms. The second-order valence-electron chi connectivity index (χ2n) is 4.16. The summed E-state index contributed by atoms with van der Waals surface area (Å²) in [6.07, 6.45) is 9.87. The van der Waals surface area contributed by atoms with Crippen LogP contribution in [0.3, 0.4) is 0 Å². The Labute approximate surface area is 81.6 Å². The maximum absolute atomic E-state index is 2.61. The first-order chi connectivity index (χ1) is 6.33. The van der Waals surface area contributed by atoms with Crippen LogP contribution in [0, 0.1) is 0 Å². The zero-order valence-corrected chi connectivity index (χ0v) is 8.66. The van der Waals surface area contributed by atoms with E-state index in [2.05, 4.69) is 36.8 Å². The molecular weight excluding hydrogens is 157 g/mol. The third-order valence-corrected chi connectivity index (χ3v) is 3.34. The Balaban J connectivity index is 2.19. The number of hydrogen-bond acceptors (Lipinski definition) is 1. The van der Waals surface area contributed by atoms with E-state index in [9.17, 15) is 0 Å². The van der Waals surface area contributed by atoms with Crippen molar-refractivity contribution in [2.75, 3.05) is 0 Å². The van der Waals surface area contributed by atoms with Crippen molar-refractivity contribution in [1.29, 1.82) is 0 Å². The molecule has 2 heteroatoms. The summed E-state index contributed by atoms with van der Waals surface area (Å²) in [4.78, 5) is 2.61. The Hall–Kier alpha value is -0.655. The van der Waals surface area contributed by atoms with Crippen molar-refractivity contribution in [3.05, 3.63) is 23.8 Å². The van der Waals surface area contributed by atoms with Crippen LogP contribution < -0.4 is 0 Å². The monoisotopic (exact) mass is 175 g/mol. The number of hydrogen-bond donors (Lipinski definition) is 0. The lowest BCUT2D eigenvalue weighted by molar-refractivity contribution is 0.329. The van der Waals surface area contributed by atoms with Gasteiger partial charge in [-0.25, -0.2) is 0 Å². The Bertz CT molecular complexity index is 244. The van der Waals surface area contributed by atoms with Crippen molar-refractivity contribution in [2.45, 2.75) is 45.5 Å². The second-order valence-corrected chi connectivity index (χ2v) is 4.16. The van der Waals surface area contributed by atoms with Gasteiger partial charge in [0.1, 0.15) is 0 Å². The fourth-order valence-electron chi connectivity index (χ4n) is 2.66. The first-order valence-corrected chi connectivity index (χ1v) is 5.46. The summed E-state index contributed by atoms with van der Waals surface area (Å²) < 4.78 is 0. The maximum atomic E-state index is 2.61. The van der Waals surface area contributed by atoms with Gasteiger partial charge in [0.2, 0.25) is 0 Å². The summed E-state index contributed by atoms with van der Waals surface area (Å²) in [5.41, 5.74) is 1.46. The molecule has 1 fully saturated rings. The van der Waals surface area contributed by atoms with Gasteiger partial charge < -0.3 is 4.81 Å². The highest BCUT2D eigenvalue weighted by atomic mass is 15.1. The fourth-order valence-corrected chi connectivity index (χ4v) is 2.66. The number of rotatable bonds is 1. The van der Waals surface area contributed by atoms with Crippen LogP contribution in [0.15, 0.2) is 23.8 Å². The van der Waals surface area contributed by atoms with Gasteiger partial charge in [-0.2, -0.15) is 0 Å². The van der Waals surface area contributed by atoms with Crippen LogP contribution in [0.5, 0.6) is 0 Å². The van der Waals surface area contributed by atoms with E-state index >= 15 is 0 Å². The molecule has 0 radical (unpaired) electrons. The van der Waals surface area contributed by atoms with Crippen molar-refractivity contribution >= 4 is 6.85 Å². The van der Waals surface area contributed by atoms with E-state index in [1.807, 2.05) is 0 Å². The number of allylic oxidation sites excluding steroid dienone is 3. The minimum atomic E-state index is 0.698. The highest BCUT2D eigenvalue weighted by molar-refractivity contribution is 6.62. The molecule has 0 aromatic carbocycles. The number of nitrogens with zero attached hydrogens (tertiary/aromatic N) is 1. The minimum absolute atomic E-state index is 0.698. The smallest absolute Gasteiger partial charge is 0.281 e. The second kappa shape index (κ2) is 3.61. The largest absolute Gasteiger partial charge is 0.412 e. The van der Waals surface area contributed by atoms with Crippen molar-refractivity contribution in [3.63, 3.8) is 0 Å². The zero-order valence-electron chi connectivity index (χ0n) is 8.66. The van der Waals surface area contributed by atoms with E-state index in [0.29, 0.717) is 6.85 Å². The van der Waals surface area contributed by atoms with Gasteiger partial charge in [-0.05, 0) is 37.9 Å². The van der Waals surface area contributed by atoms with Gasteiger partial charge >= 0.3 is 0 Å². The molecule has 0 aliphatic carbocycles. The normalized spacial score (nSPS) is 27.2. The summed E-state index contributed by atoms with van der Waals surface area (Å²) in [7, 11) is 0. The molecule has 0 bridgehead atoms. The summed E-state index contributed by atoms with van der Waals surface area (Å²) in [5, 5.41) is 0. The van der Waals surface area contributed by atoms with Crippen LogP contribution >= 0.6 is 0 Å². The van der Waals surface area contributed by atoms with Gasteiger partial charge in [0, 0.05) is 6.04 Å². The quantitative estimate of drug-likeness (QED) is 0.554. The van der Waals surface area contributed by atoms with Crippen LogP contribution in [0.2, 0.25) is 6.32 Å². The summed E-state index contributed by atoms with van der Waals surface area (Å²) >= 11 is 0. The molecule has 70 valence electrons. The van der Waals surface area contributed by atoms with E-state index in [1.54, 1.807) is 0 Å². The van der Waals surface area contributed by atoms with Gasteiger partial charge in [-0.1, -0.05) is 25.4 Å². The average molecular weight is 175 g/mol. The average Bonchev–Trinajstić information content (AvgIpc) is 2.17. The molecule has 0 spiro atoms. The molecule has 2 aliphatic rings. The lowest BCUT2D eigenvalue weighted by Crippen LogP contribution is -2.48. The maximum Gasteiger partial charge on any atom is 0.281 e. The molecule has 2 heterocycles. The van der Waals surface area contributed by atoms with Crippen LogP contribution in [0.1, 0.15) is 33.1 Å². The lowest BCUT2D eigenvalue weighted by Gasteiger charge is -2.43. The highest BCUT2D eigenvalue weighted by Gasteiger charge is 2.31. The zero-order chi connectivity index (χ0) is 9.26. The molecule has 0 N–H and O–H groups in total. The van der Waals surface area contributed by atoms with E-state index in [-0.39, 0.29) is 0 Å². The van der Waals surface area contributed by atoms with Crippen molar-refractivity contribution in [1.82, 2.24) is 4.81 Å². The van der Waals surface area contributed by atoms with E-state index in [4.69, 9.17) is 0 Å². The Morgan fingerprint density at radius 2 is 2.46 bits per heavy atom. The van der Waals surface area contributed by atoms with Gasteiger partial charge in [0.15, 0.2) is 0 Å². The fraction of sp³-hybridized carbons (Fsp3) is 0.636. The Morgan fingerprint density at radius 1 is 1.62 bits per heavy atom. The molecule has 0 saturated carbocycles. The van der Waals surface area contributed by atoms with Crippen molar-refractivity contribution in [3.8, 4) is 0 Å². The molecule has 1 nitrogen and oxygen atoms in total. The molecule has 2 rings (SSSR count). The molecule has 0 aromatic heterocycles. The third kappa shape index (κ3) is 1.54. The van der Waals surface area contributed by atoms with Gasteiger partial charge in [0.25, 0.3) is 6.85 Å². The van der Waals surface area contributed by atoms with Gasteiger partial charge in [-0.3, -0.25) is 0 Å². The van der Waals surface area contributed by atoms with E-state index in [0.717, 1.165) is 6.04 Å². The molecule has 1 saturated heterocycles. The molecular formula is C11H18BN. The molecule has 2 aliphatic heterocycles. The molecule has 0 amide bonds. The van der Waals surface area contributed by atoms with E-state index in [1.165, 1.54) is 31.3 Å². The van der Waals surface area contributed by atoms with Crippen LogP contribution in [0.25, 0.3) is 0 Å². The highest BCUT2D eigenvalue weighted by Crippen LogP contribution is 2.29. The van der Waals surface area contributed by atoms with E-state index < -0.39 is 0 Å². The molecule has 0 aromatic rings. The molecule has 1 unspecified atom stereocenters. The topological polar surface area (TPSA) is 3.24 Å². The number of fused-ring (bicyclic) bond motifs is 1. The van der Waals surface area contributed by atoms with Crippen molar-refractivity contribution < 1.29 is 0 Å². The minimum Gasteiger partial charge on any atom is -0.412 e.